The Hall–Kier alpha value is -2.47. The fourth-order valence-corrected chi connectivity index (χ4v) is 1.47. The van der Waals surface area contributed by atoms with Gasteiger partial charge in [-0.1, -0.05) is 12.1 Å². The fourth-order valence-electron chi connectivity index (χ4n) is 1.47. The first-order chi connectivity index (χ1) is 8.20. The molecule has 0 bridgehead atoms. The second-order valence-electron chi connectivity index (χ2n) is 3.72. The maximum atomic E-state index is 8.69. The second kappa shape index (κ2) is 4.58. The van der Waals surface area contributed by atoms with Crippen LogP contribution in [-0.2, 0) is 0 Å². The second-order valence-corrected chi connectivity index (χ2v) is 3.72. The number of anilines is 1. The Morgan fingerprint density at radius 2 is 1.82 bits per heavy atom. The van der Waals surface area contributed by atoms with Crippen LogP contribution in [0.5, 0.6) is 11.5 Å². The molecule has 0 spiro atoms. The van der Waals surface area contributed by atoms with E-state index in [0.29, 0.717) is 22.7 Å². The minimum absolute atomic E-state index is 0.606. The zero-order chi connectivity index (χ0) is 12.3. The minimum Gasteiger partial charge on any atom is -0.455 e. The number of rotatable bonds is 2. The van der Waals surface area contributed by atoms with Gasteiger partial charge in [-0.05, 0) is 42.8 Å². The summed E-state index contributed by atoms with van der Waals surface area (Å²) in [5, 5.41) is 8.69. The first-order valence-corrected chi connectivity index (χ1v) is 5.24. The lowest BCUT2D eigenvalue weighted by molar-refractivity contribution is 0.484. The van der Waals surface area contributed by atoms with E-state index in [2.05, 4.69) is 6.07 Å². The SMILES string of the molecule is Cc1cccc(Oc2ccc(C#N)cc2)c1N. The highest BCUT2D eigenvalue weighted by Gasteiger charge is 2.03. The standard InChI is InChI=1S/C14H12N2O/c1-10-3-2-4-13(14(10)16)17-12-7-5-11(9-15)6-8-12/h2-8H,16H2,1H3. The predicted molar refractivity (Wildman–Crippen MR) is 66.8 cm³/mol. The van der Waals surface area contributed by atoms with Gasteiger partial charge in [-0.15, -0.1) is 0 Å². The van der Waals surface area contributed by atoms with Crippen LogP contribution in [0.3, 0.4) is 0 Å². The van der Waals surface area contributed by atoms with E-state index in [1.54, 1.807) is 24.3 Å². The molecule has 0 saturated heterocycles. The van der Waals surface area contributed by atoms with Crippen LogP contribution in [0.4, 0.5) is 5.69 Å². The van der Waals surface area contributed by atoms with Gasteiger partial charge < -0.3 is 10.5 Å². The molecular weight excluding hydrogens is 212 g/mol. The molecule has 2 aromatic carbocycles. The van der Waals surface area contributed by atoms with Crippen molar-refractivity contribution in [3.8, 4) is 17.6 Å². The number of hydrogen-bond donors (Lipinski definition) is 1. The first kappa shape index (κ1) is 11.0. The highest BCUT2D eigenvalue weighted by atomic mass is 16.5. The van der Waals surface area contributed by atoms with Gasteiger partial charge >= 0.3 is 0 Å². The molecular formula is C14H12N2O. The largest absolute Gasteiger partial charge is 0.455 e. The average Bonchev–Trinajstić information content (AvgIpc) is 2.36. The van der Waals surface area contributed by atoms with Crippen molar-refractivity contribution in [1.29, 1.82) is 5.26 Å². The Morgan fingerprint density at radius 3 is 2.47 bits per heavy atom. The van der Waals surface area contributed by atoms with E-state index in [-0.39, 0.29) is 0 Å². The topological polar surface area (TPSA) is 59.0 Å². The number of para-hydroxylation sites is 1. The van der Waals surface area contributed by atoms with Gasteiger partial charge in [-0.3, -0.25) is 0 Å². The van der Waals surface area contributed by atoms with Gasteiger partial charge in [0.15, 0.2) is 5.75 Å². The molecule has 2 aromatic rings. The Morgan fingerprint density at radius 1 is 1.12 bits per heavy atom. The minimum atomic E-state index is 0.606. The van der Waals surface area contributed by atoms with E-state index < -0.39 is 0 Å². The van der Waals surface area contributed by atoms with Gasteiger partial charge in [-0.25, -0.2) is 0 Å². The summed E-state index contributed by atoms with van der Waals surface area (Å²) in [4.78, 5) is 0. The third kappa shape index (κ3) is 2.37. The van der Waals surface area contributed by atoms with Crippen LogP contribution >= 0.6 is 0 Å². The summed E-state index contributed by atoms with van der Waals surface area (Å²) in [5.41, 5.74) is 8.13. The molecule has 3 nitrogen and oxygen atoms in total. The van der Waals surface area contributed by atoms with E-state index >= 15 is 0 Å². The van der Waals surface area contributed by atoms with E-state index in [1.807, 2.05) is 25.1 Å². The predicted octanol–water partition coefficient (Wildman–Crippen LogP) is 3.24. The molecule has 0 aliphatic carbocycles. The van der Waals surface area contributed by atoms with E-state index in [9.17, 15) is 0 Å². The van der Waals surface area contributed by atoms with Crippen LogP contribution < -0.4 is 10.5 Å². The van der Waals surface area contributed by atoms with E-state index in [1.165, 1.54) is 0 Å². The third-order valence-corrected chi connectivity index (χ3v) is 2.50. The highest BCUT2D eigenvalue weighted by molar-refractivity contribution is 5.59. The van der Waals surface area contributed by atoms with Gasteiger partial charge in [0.05, 0.1) is 17.3 Å². The number of hydrogen-bond acceptors (Lipinski definition) is 3. The van der Waals surface area contributed by atoms with Crippen molar-refractivity contribution in [1.82, 2.24) is 0 Å². The number of nitriles is 1. The Labute approximate surface area is 100 Å². The maximum Gasteiger partial charge on any atom is 0.150 e. The van der Waals surface area contributed by atoms with Crippen molar-refractivity contribution in [2.24, 2.45) is 0 Å². The number of aryl methyl sites for hydroxylation is 1. The van der Waals surface area contributed by atoms with Crippen LogP contribution in [0.15, 0.2) is 42.5 Å². The van der Waals surface area contributed by atoms with Crippen LogP contribution in [0.25, 0.3) is 0 Å². The molecule has 0 aromatic heterocycles. The van der Waals surface area contributed by atoms with E-state index in [4.69, 9.17) is 15.7 Å². The zero-order valence-corrected chi connectivity index (χ0v) is 9.47. The maximum absolute atomic E-state index is 8.69. The number of benzene rings is 2. The lowest BCUT2D eigenvalue weighted by atomic mass is 10.2. The Bertz CT molecular complexity index is 568. The molecule has 0 heterocycles. The number of nitrogen functional groups attached to an aromatic ring is 1. The highest BCUT2D eigenvalue weighted by Crippen LogP contribution is 2.29. The van der Waals surface area contributed by atoms with Gasteiger partial charge in [0.2, 0.25) is 0 Å². The Balaban J connectivity index is 2.26. The first-order valence-electron chi connectivity index (χ1n) is 5.24. The molecule has 0 atom stereocenters. The molecule has 0 unspecified atom stereocenters. The number of ether oxygens (including phenoxy) is 1. The summed E-state index contributed by atoms with van der Waals surface area (Å²) in [6.07, 6.45) is 0. The smallest absolute Gasteiger partial charge is 0.150 e. The van der Waals surface area contributed by atoms with Crippen LogP contribution in [0.1, 0.15) is 11.1 Å². The zero-order valence-electron chi connectivity index (χ0n) is 9.47. The molecule has 3 heteroatoms. The summed E-state index contributed by atoms with van der Waals surface area (Å²) in [6, 6.07) is 14.6. The summed E-state index contributed by atoms with van der Waals surface area (Å²) >= 11 is 0. The quantitative estimate of drug-likeness (QED) is 0.796. The van der Waals surface area contributed by atoms with Crippen molar-refractivity contribution in [3.05, 3.63) is 53.6 Å². The molecule has 0 aliphatic heterocycles. The average molecular weight is 224 g/mol. The van der Waals surface area contributed by atoms with Crippen LogP contribution in [0, 0.1) is 18.3 Å². The fraction of sp³-hybridized carbons (Fsp3) is 0.0714. The molecule has 0 fully saturated rings. The summed E-state index contributed by atoms with van der Waals surface area (Å²) in [6.45, 7) is 1.93. The summed E-state index contributed by atoms with van der Waals surface area (Å²) < 4.78 is 5.66. The molecule has 2 N–H and O–H groups in total. The molecule has 0 amide bonds. The summed E-state index contributed by atoms with van der Waals surface area (Å²) in [7, 11) is 0. The van der Waals surface area contributed by atoms with Crippen molar-refractivity contribution in [2.75, 3.05) is 5.73 Å². The Kier molecular flexibility index (Phi) is 2.97. The van der Waals surface area contributed by atoms with Crippen molar-refractivity contribution in [2.45, 2.75) is 6.92 Å². The van der Waals surface area contributed by atoms with Gasteiger partial charge in [0, 0.05) is 0 Å². The third-order valence-electron chi connectivity index (χ3n) is 2.50. The van der Waals surface area contributed by atoms with Gasteiger partial charge in [-0.2, -0.15) is 5.26 Å². The molecule has 84 valence electrons. The van der Waals surface area contributed by atoms with Gasteiger partial charge in [0.25, 0.3) is 0 Å². The summed E-state index contributed by atoms with van der Waals surface area (Å²) in [5.74, 6) is 1.30. The lowest BCUT2D eigenvalue weighted by Gasteiger charge is -2.09. The van der Waals surface area contributed by atoms with E-state index in [0.717, 1.165) is 5.56 Å². The van der Waals surface area contributed by atoms with Crippen molar-refractivity contribution >= 4 is 5.69 Å². The van der Waals surface area contributed by atoms with Gasteiger partial charge in [0.1, 0.15) is 5.75 Å². The lowest BCUT2D eigenvalue weighted by Crippen LogP contribution is -1.94. The van der Waals surface area contributed by atoms with Crippen molar-refractivity contribution < 1.29 is 4.74 Å². The van der Waals surface area contributed by atoms with Crippen LogP contribution in [0.2, 0.25) is 0 Å². The molecule has 2 rings (SSSR count). The van der Waals surface area contributed by atoms with Crippen LogP contribution in [-0.4, -0.2) is 0 Å². The normalized spacial score (nSPS) is 9.65. The monoisotopic (exact) mass is 224 g/mol. The number of nitrogens with zero attached hydrogens (tertiary/aromatic N) is 1. The van der Waals surface area contributed by atoms with Crippen molar-refractivity contribution in [3.63, 3.8) is 0 Å². The molecule has 0 saturated carbocycles. The molecule has 0 radical (unpaired) electrons. The number of nitrogens with two attached hydrogens (primary N) is 1. The molecule has 17 heavy (non-hydrogen) atoms. The molecule has 0 aliphatic rings.